The van der Waals surface area contributed by atoms with Gasteiger partial charge in [-0.3, -0.25) is 4.79 Å². The van der Waals surface area contributed by atoms with E-state index < -0.39 is 11.9 Å². The van der Waals surface area contributed by atoms with Crippen LogP contribution in [0.4, 0.5) is 5.69 Å². The largest absolute Gasteiger partial charge is 0.477 e. The number of carboxylic acids is 1. The van der Waals surface area contributed by atoms with Crippen LogP contribution in [0.2, 0.25) is 0 Å². The van der Waals surface area contributed by atoms with Gasteiger partial charge in [-0.05, 0) is 18.4 Å². The lowest BCUT2D eigenvalue weighted by atomic mass is 10.2. The SMILES string of the molecule is Cc1c(C(=O)Nc2ccsc2C(=O)O)cnc2ncnn12. The van der Waals surface area contributed by atoms with E-state index in [-0.39, 0.29) is 10.6 Å². The summed E-state index contributed by atoms with van der Waals surface area (Å²) in [6.07, 6.45) is 2.74. The Bertz CT molecular complexity index is 854. The van der Waals surface area contributed by atoms with Crippen LogP contribution < -0.4 is 5.32 Å². The monoisotopic (exact) mass is 303 g/mol. The van der Waals surface area contributed by atoms with Crippen LogP contribution in [-0.2, 0) is 0 Å². The minimum absolute atomic E-state index is 0.0794. The Balaban J connectivity index is 1.95. The number of rotatable bonds is 3. The molecule has 0 unspecified atom stereocenters. The molecule has 0 aliphatic heterocycles. The van der Waals surface area contributed by atoms with Crippen molar-refractivity contribution >= 4 is 34.7 Å². The van der Waals surface area contributed by atoms with E-state index in [2.05, 4.69) is 20.4 Å². The van der Waals surface area contributed by atoms with Gasteiger partial charge in [-0.15, -0.1) is 11.3 Å². The number of aromatic carboxylic acids is 1. The second-order valence-corrected chi connectivity index (χ2v) is 5.07. The number of hydrogen-bond donors (Lipinski definition) is 2. The first-order valence-electron chi connectivity index (χ1n) is 5.85. The van der Waals surface area contributed by atoms with Gasteiger partial charge in [-0.25, -0.2) is 14.3 Å². The fourth-order valence-corrected chi connectivity index (χ4v) is 2.56. The van der Waals surface area contributed by atoms with Gasteiger partial charge in [0.15, 0.2) is 0 Å². The van der Waals surface area contributed by atoms with Crippen LogP contribution in [0.25, 0.3) is 5.78 Å². The van der Waals surface area contributed by atoms with Gasteiger partial charge in [0.2, 0.25) is 0 Å². The van der Waals surface area contributed by atoms with Crippen molar-refractivity contribution in [3.8, 4) is 0 Å². The van der Waals surface area contributed by atoms with Crippen LogP contribution in [0.5, 0.6) is 0 Å². The maximum absolute atomic E-state index is 12.3. The minimum atomic E-state index is -1.08. The van der Waals surface area contributed by atoms with Crippen molar-refractivity contribution in [2.75, 3.05) is 5.32 Å². The molecule has 3 heterocycles. The fourth-order valence-electron chi connectivity index (χ4n) is 1.88. The van der Waals surface area contributed by atoms with Gasteiger partial charge in [0.05, 0.1) is 16.9 Å². The first-order valence-corrected chi connectivity index (χ1v) is 6.73. The first kappa shape index (κ1) is 13.2. The first-order chi connectivity index (χ1) is 10.1. The number of carbonyl (C=O) groups is 2. The number of hydrogen-bond acceptors (Lipinski definition) is 6. The van der Waals surface area contributed by atoms with Crippen molar-refractivity contribution in [3.05, 3.63) is 40.1 Å². The van der Waals surface area contributed by atoms with E-state index in [1.54, 1.807) is 18.4 Å². The molecule has 0 spiro atoms. The molecule has 0 fully saturated rings. The number of nitrogens with one attached hydrogen (secondary N) is 1. The molecular weight excluding hydrogens is 294 g/mol. The summed E-state index contributed by atoms with van der Waals surface area (Å²) in [4.78, 5) is 31.3. The molecule has 0 aliphatic carbocycles. The smallest absolute Gasteiger partial charge is 0.348 e. The predicted octanol–water partition coefficient (Wildman–Crippen LogP) is 1.44. The summed E-state index contributed by atoms with van der Waals surface area (Å²) >= 11 is 1.05. The quantitative estimate of drug-likeness (QED) is 0.757. The van der Waals surface area contributed by atoms with E-state index >= 15 is 0 Å². The lowest BCUT2D eigenvalue weighted by molar-refractivity contribution is 0.0703. The van der Waals surface area contributed by atoms with E-state index in [1.165, 1.54) is 17.0 Å². The number of carboxylic acid groups (broad SMARTS) is 1. The number of aryl methyl sites for hydroxylation is 1. The standard InChI is InChI=1S/C12H9N5O3S/c1-6-7(4-13-12-14-5-15-17(6)12)10(18)16-8-2-3-21-9(8)11(19)20/h2-5H,1H3,(H,16,18)(H,19,20). The maximum Gasteiger partial charge on any atom is 0.348 e. The van der Waals surface area contributed by atoms with Gasteiger partial charge < -0.3 is 10.4 Å². The van der Waals surface area contributed by atoms with Gasteiger partial charge in [0.1, 0.15) is 11.2 Å². The third kappa shape index (κ3) is 2.23. The normalized spacial score (nSPS) is 10.7. The van der Waals surface area contributed by atoms with Crippen LogP contribution >= 0.6 is 11.3 Å². The molecule has 3 aromatic heterocycles. The Hall–Kier alpha value is -2.81. The van der Waals surface area contributed by atoms with Gasteiger partial charge >= 0.3 is 5.97 Å². The molecule has 2 N–H and O–H groups in total. The number of fused-ring (bicyclic) bond motifs is 1. The molecule has 0 aromatic carbocycles. The molecule has 0 aliphatic rings. The Labute approximate surface area is 122 Å². The van der Waals surface area contributed by atoms with Crippen molar-refractivity contribution in [2.45, 2.75) is 6.92 Å². The zero-order valence-corrected chi connectivity index (χ0v) is 11.6. The van der Waals surface area contributed by atoms with Gasteiger partial charge in [-0.2, -0.15) is 10.1 Å². The molecule has 8 nitrogen and oxygen atoms in total. The highest BCUT2D eigenvalue weighted by Crippen LogP contribution is 2.23. The zero-order chi connectivity index (χ0) is 15.0. The summed E-state index contributed by atoms with van der Waals surface area (Å²) in [5.41, 5.74) is 1.13. The topological polar surface area (TPSA) is 109 Å². The van der Waals surface area contributed by atoms with E-state index in [9.17, 15) is 9.59 Å². The van der Waals surface area contributed by atoms with Crippen LogP contribution in [0.1, 0.15) is 25.7 Å². The Morgan fingerprint density at radius 3 is 2.95 bits per heavy atom. The molecule has 0 saturated heterocycles. The summed E-state index contributed by atoms with van der Waals surface area (Å²) in [6, 6.07) is 1.54. The number of carbonyl (C=O) groups excluding carboxylic acids is 1. The molecule has 0 bridgehead atoms. The third-order valence-corrected chi connectivity index (χ3v) is 3.80. The van der Waals surface area contributed by atoms with Crippen molar-refractivity contribution in [2.24, 2.45) is 0 Å². The molecular formula is C12H9N5O3S. The van der Waals surface area contributed by atoms with Crippen LogP contribution in [0.3, 0.4) is 0 Å². The Kier molecular flexibility index (Phi) is 3.10. The fraction of sp³-hybridized carbons (Fsp3) is 0.0833. The molecule has 9 heteroatoms. The average molecular weight is 303 g/mol. The lowest BCUT2D eigenvalue weighted by Gasteiger charge is -2.07. The van der Waals surface area contributed by atoms with Crippen molar-refractivity contribution < 1.29 is 14.7 Å². The van der Waals surface area contributed by atoms with Crippen molar-refractivity contribution in [3.63, 3.8) is 0 Å². The molecule has 1 amide bonds. The molecule has 3 rings (SSSR count). The van der Waals surface area contributed by atoms with E-state index in [4.69, 9.17) is 5.11 Å². The van der Waals surface area contributed by atoms with Crippen LogP contribution in [-0.4, -0.2) is 36.6 Å². The highest BCUT2D eigenvalue weighted by molar-refractivity contribution is 7.12. The minimum Gasteiger partial charge on any atom is -0.477 e. The highest BCUT2D eigenvalue weighted by Gasteiger charge is 2.18. The summed E-state index contributed by atoms with van der Waals surface area (Å²) in [5.74, 6) is -1.13. The summed E-state index contributed by atoms with van der Waals surface area (Å²) < 4.78 is 1.45. The predicted molar refractivity (Wildman–Crippen MR) is 74.8 cm³/mol. The van der Waals surface area contributed by atoms with Gasteiger partial charge in [0.25, 0.3) is 11.7 Å². The molecule has 106 valence electrons. The Morgan fingerprint density at radius 2 is 2.19 bits per heavy atom. The molecule has 0 radical (unpaired) electrons. The van der Waals surface area contributed by atoms with Crippen molar-refractivity contribution in [1.29, 1.82) is 0 Å². The van der Waals surface area contributed by atoms with Crippen LogP contribution in [0.15, 0.2) is 24.0 Å². The third-order valence-electron chi connectivity index (χ3n) is 2.90. The number of anilines is 1. The van der Waals surface area contributed by atoms with Crippen LogP contribution in [0, 0.1) is 6.92 Å². The molecule has 0 atom stereocenters. The number of amides is 1. The summed E-state index contributed by atoms with van der Waals surface area (Å²) in [7, 11) is 0. The van der Waals surface area contributed by atoms with Gasteiger partial charge in [-0.1, -0.05) is 0 Å². The number of aromatic nitrogens is 4. The second kappa shape index (κ2) is 4.94. The maximum atomic E-state index is 12.3. The number of thiophene rings is 1. The number of nitrogens with zero attached hydrogens (tertiary/aromatic N) is 4. The van der Waals surface area contributed by atoms with Crippen molar-refractivity contribution in [1.82, 2.24) is 19.6 Å². The highest BCUT2D eigenvalue weighted by atomic mass is 32.1. The molecule has 21 heavy (non-hydrogen) atoms. The van der Waals surface area contributed by atoms with E-state index in [1.807, 2.05) is 0 Å². The van der Waals surface area contributed by atoms with Gasteiger partial charge in [0, 0.05) is 6.20 Å². The zero-order valence-electron chi connectivity index (χ0n) is 10.8. The second-order valence-electron chi connectivity index (χ2n) is 4.15. The molecule has 0 saturated carbocycles. The lowest BCUT2D eigenvalue weighted by Crippen LogP contribution is -2.17. The summed E-state index contributed by atoms with van der Waals surface area (Å²) in [6.45, 7) is 1.71. The van der Waals surface area contributed by atoms with E-state index in [0.717, 1.165) is 11.3 Å². The summed E-state index contributed by atoms with van der Waals surface area (Å²) in [5, 5.41) is 17.2. The van der Waals surface area contributed by atoms with E-state index in [0.29, 0.717) is 17.0 Å². The molecule has 3 aromatic rings. The average Bonchev–Trinajstić information content (AvgIpc) is 3.07. The Morgan fingerprint density at radius 1 is 1.38 bits per heavy atom.